The third-order valence-electron chi connectivity index (χ3n) is 2.76. The van der Waals surface area contributed by atoms with E-state index in [0.717, 1.165) is 32.7 Å². The van der Waals surface area contributed by atoms with Gasteiger partial charge in [0.25, 0.3) is 0 Å². The molecule has 1 rings (SSSR count). The fourth-order valence-electron chi connectivity index (χ4n) is 2.17. The summed E-state index contributed by atoms with van der Waals surface area (Å²) < 4.78 is 5.71. The van der Waals surface area contributed by atoms with Crippen LogP contribution in [-0.4, -0.2) is 49.8 Å². The van der Waals surface area contributed by atoms with Gasteiger partial charge in [-0.1, -0.05) is 20.8 Å². The van der Waals surface area contributed by atoms with Gasteiger partial charge in [0.1, 0.15) is 0 Å². The fraction of sp³-hybridized carbons (Fsp3) is 1.00. The van der Waals surface area contributed by atoms with Crippen molar-refractivity contribution < 1.29 is 4.74 Å². The molecule has 2 atom stereocenters. The van der Waals surface area contributed by atoms with Gasteiger partial charge in [0.2, 0.25) is 0 Å². The minimum atomic E-state index is 0.381. The van der Waals surface area contributed by atoms with Crippen molar-refractivity contribution in [2.24, 2.45) is 5.41 Å². The van der Waals surface area contributed by atoms with Crippen LogP contribution in [0.1, 0.15) is 34.6 Å². The topological polar surface area (TPSA) is 24.5 Å². The summed E-state index contributed by atoms with van der Waals surface area (Å²) in [6.45, 7) is 16.5. The van der Waals surface area contributed by atoms with E-state index in [0.29, 0.717) is 17.6 Å². The lowest BCUT2D eigenvalue weighted by Gasteiger charge is -2.35. The van der Waals surface area contributed by atoms with Crippen molar-refractivity contribution in [2.75, 3.05) is 32.7 Å². The van der Waals surface area contributed by atoms with Gasteiger partial charge < -0.3 is 10.1 Å². The third-order valence-corrected chi connectivity index (χ3v) is 2.76. The van der Waals surface area contributed by atoms with Crippen molar-refractivity contribution in [2.45, 2.75) is 46.8 Å². The summed E-state index contributed by atoms with van der Waals surface area (Å²) in [4.78, 5) is 2.49. The molecule has 0 bridgehead atoms. The van der Waals surface area contributed by atoms with E-state index >= 15 is 0 Å². The Morgan fingerprint density at radius 3 is 2.25 bits per heavy atom. The Morgan fingerprint density at radius 1 is 1.19 bits per heavy atom. The van der Waals surface area contributed by atoms with Gasteiger partial charge in [-0.25, -0.2) is 0 Å². The van der Waals surface area contributed by atoms with Gasteiger partial charge in [-0.05, 0) is 19.3 Å². The highest BCUT2D eigenvalue weighted by Gasteiger charge is 2.21. The number of nitrogens with one attached hydrogen (secondary N) is 1. The first-order valence-corrected chi connectivity index (χ1v) is 6.45. The molecule has 1 aliphatic heterocycles. The summed E-state index contributed by atoms with van der Waals surface area (Å²) in [5.41, 5.74) is 0.381. The van der Waals surface area contributed by atoms with Gasteiger partial charge in [0, 0.05) is 32.7 Å². The van der Waals surface area contributed by atoms with Crippen molar-refractivity contribution in [1.82, 2.24) is 10.2 Å². The Morgan fingerprint density at radius 2 is 1.75 bits per heavy atom. The van der Waals surface area contributed by atoms with Gasteiger partial charge >= 0.3 is 0 Å². The monoisotopic (exact) mass is 228 g/mol. The zero-order valence-corrected chi connectivity index (χ0v) is 11.5. The maximum atomic E-state index is 5.71. The molecule has 1 aliphatic rings. The highest BCUT2D eigenvalue weighted by atomic mass is 16.5. The average Bonchev–Trinajstić information content (AvgIpc) is 2.09. The van der Waals surface area contributed by atoms with E-state index in [-0.39, 0.29) is 0 Å². The molecule has 1 saturated heterocycles. The Balaban J connectivity index is 2.13. The van der Waals surface area contributed by atoms with Crippen LogP contribution in [0.4, 0.5) is 0 Å². The molecule has 0 aromatic carbocycles. The molecule has 0 aliphatic carbocycles. The lowest BCUT2D eigenvalue weighted by molar-refractivity contribution is -0.0674. The van der Waals surface area contributed by atoms with E-state index in [9.17, 15) is 0 Å². The van der Waals surface area contributed by atoms with Gasteiger partial charge in [0.05, 0.1) is 12.2 Å². The number of nitrogens with zero attached hydrogens (tertiary/aromatic N) is 1. The van der Waals surface area contributed by atoms with E-state index in [4.69, 9.17) is 4.74 Å². The van der Waals surface area contributed by atoms with Gasteiger partial charge in [-0.15, -0.1) is 0 Å². The maximum Gasteiger partial charge on any atom is 0.0678 e. The summed E-state index contributed by atoms with van der Waals surface area (Å²) in [5, 5.41) is 3.52. The molecule has 1 heterocycles. The van der Waals surface area contributed by atoms with Crippen LogP contribution < -0.4 is 5.32 Å². The SMILES string of the molecule is CC1CN(CCNCC(C)(C)C)CC(C)O1. The van der Waals surface area contributed by atoms with E-state index < -0.39 is 0 Å². The van der Waals surface area contributed by atoms with Crippen LogP contribution in [0.3, 0.4) is 0 Å². The van der Waals surface area contributed by atoms with Crippen LogP contribution in [0.25, 0.3) is 0 Å². The third kappa shape index (κ3) is 5.83. The highest BCUT2D eigenvalue weighted by molar-refractivity contribution is 4.74. The Kier molecular flexibility index (Phi) is 5.22. The van der Waals surface area contributed by atoms with Gasteiger partial charge in [-0.2, -0.15) is 0 Å². The first-order valence-electron chi connectivity index (χ1n) is 6.45. The van der Waals surface area contributed by atoms with Crippen molar-refractivity contribution in [3.05, 3.63) is 0 Å². The van der Waals surface area contributed by atoms with Gasteiger partial charge in [-0.3, -0.25) is 4.90 Å². The predicted molar refractivity (Wildman–Crippen MR) is 68.8 cm³/mol. The molecule has 3 heteroatoms. The summed E-state index contributed by atoms with van der Waals surface area (Å²) in [6, 6.07) is 0. The molecular weight excluding hydrogens is 200 g/mol. The molecule has 1 N–H and O–H groups in total. The lowest BCUT2D eigenvalue weighted by atomic mass is 9.97. The standard InChI is InChI=1S/C13H28N2O/c1-11-8-15(9-12(2)16-11)7-6-14-10-13(3,4)5/h11-12,14H,6-10H2,1-5H3. The first-order chi connectivity index (χ1) is 7.37. The molecule has 0 amide bonds. The molecule has 0 aromatic rings. The number of rotatable bonds is 4. The zero-order chi connectivity index (χ0) is 12.2. The summed E-state index contributed by atoms with van der Waals surface area (Å²) in [5.74, 6) is 0. The van der Waals surface area contributed by atoms with Crippen molar-refractivity contribution in [3.8, 4) is 0 Å². The largest absolute Gasteiger partial charge is 0.373 e. The average molecular weight is 228 g/mol. The summed E-state index contributed by atoms with van der Waals surface area (Å²) in [6.07, 6.45) is 0.762. The van der Waals surface area contributed by atoms with E-state index in [1.54, 1.807) is 0 Å². The van der Waals surface area contributed by atoms with E-state index in [2.05, 4.69) is 44.8 Å². The minimum Gasteiger partial charge on any atom is -0.373 e. The van der Waals surface area contributed by atoms with Crippen molar-refractivity contribution in [3.63, 3.8) is 0 Å². The Labute approximate surface area is 101 Å². The molecule has 2 unspecified atom stereocenters. The molecular formula is C13H28N2O. The molecule has 0 spiro atoms. The number of hydrogen-bond acceptors (Lipinski definition) is 3. The van der Waals surface area contributed by atoms with Crippen LogP contribution >= 0.6 is 0 Å². The molecule has 0 radical (unpaired) electrons. The van der Waals surface area contributed by atoms with E-state index in [1.165, 1.54) is 0 Å². The second-order valence-corrected chi connectivity index (χ2v) is 6.25. The van der Waals surface area contributed by atoms with Crippen LogP contribution in [0.5, 0.6) is 0 Å². The van der Waals surface area contributed by atoms with Crippen molar-refractivity contribution in [1.29, 1.82) is 0 Å². The smallest absolute Gasteiger partial charge is 0.0678 e. The Bertz CT molecular complexity index is 191. The zero-order valence-electron chi connectivity index (χ0n) is 11.5. The minimum absolute atomic E-state index is 0.381. The molecule has 96 valence electrons. The molecule has 1 fully saturated rings. The number of ether oxygens (including phenoxy) is 1. The summed E-state index contributed by atoms with van der Waals surface area (Å²) in [7, 11) is 0. The predicted octanol–water partition coefficient (Wildman–Crippen LogP) is 1.73. The normalized spacial score (nSPS) is 28.3. The maximum absolute atomic E-state index is 5.71. The van der Waals surface area contributed by atoms with Crippen LogP contribution in [-0.2, 0) is 4.74 Å². The fourth-order valence-corrected chi connectivity index (χ4v) is 2.17. The van der Waals surface area contributed by atoms with Crippen LogP contribution in [0.15, 0.2) is 0 Å². The second-order valence-electron chi connectivity index (χ2n) is 6.25. The second kappa shape index (κ2) is 5.99. The molecule has 0 saturated carbocycles. The van der Waals surface area contributed by atoms with Gasteiger partial charge in [0.15, 0.2) is 0 Å². The van der Waals surface area contributed by atoms with Crippen LogP contribution in [0.2, 0.25) is 0 Å². The number of hydrogen-bond donors (Lipinski definition) is 1. The van der Waals surface area contributed by atoms with E-state index in [1.807, 2.05) is 0 Å². The molecule has 3 nitrogen and oxygen atoms in total. The lowest BCUT2D eigenvalue weighted by Crippen LogP contribution is -2.47. The number of morpholine rings is 1. The quantitative estimate of drug-likeness (QED) is 0.742. The van der Waals surface area contributed by atoms with Crippen molar-refractivity contribution >= 4 is 0 Å². The first kappa shape index (κ1) is 13.9. The molecule has 16 heavy (non-hydrogen) atoms. The Hall–Kier alpha value is -0.120. The summed E-state index contributed by atoms with van der Waals surface area (Å²) >= 11 is 0. The van der Waals surface area contributed by atoms with Crippen LogP contribution in [0, 0.1) is 5.41 Å². The highest BCUT2D eigenvalue weighted by Crippen LogP contribution is 2.11. The molecule has 0 aromatic heterocycles.